The molecule has 3 N–H and O–H groups in total. The first-order valence-corrected chi connectivity index (χ1v) is 11.6. The predicted molar refractivity (Wildman–Crippen MR) is 127 cm³/mol. The largest absolute Gasteiger partial charge is 0.386 e. The number of aromatic nitrogens is 3. The minimum absolute atomic E-state index is 0.860. The Hall–Kier alpha value is -2.44. The molecule has 31 heavy (non-hydrogen) atoms. The van der Waals surface area contributed by atoms with E-state index < -0.39 is 5.60 Å². The van der Waals surface area contributed by atoms with E-state index in [2.05, 4.69) is 37.3 Å². The number of benzene rings is 1. The van der Waals surface area contributed by atoms with Gasteiger partial charge in [-0.1, -0.05) is 24.6 Å². The molecule has 0 bridgehead atoms. The summed E-state index contributed by atoms with van der Waals surface area (Å²) in [5, 5.41) is 14.7. The van der Waals surface area contributed by atoms with E-state index in [1.807, 2.05) is 32.2 Å². The van der Waals surface area contributed by atoms with E-state index in [4.69, 9.17) is 0 Å². The van der Waals surface area contributed by atoms with E-state index in [1.54, 1.807) is 6.33 Å². The number of H-pyrrole nitrogens is 1. The Morgan fingerprint density at radius 1 is 0.968 bits per heavy atom. The zero-order chi connectivity index (χ0) is 21.7. The number of rotatable bonds is 3. The van der Waals surface area contributed by atoms with Crippen LogP contribution in [0.3, 0.4) is 0 Å². The van der Waals surface area contributed by atoms with Crippen molar-refractivity contribution in [2.75, 3.05) is 31.1 Å². The second kappa shape index (κ2) is 9.79. The molecule has 0 amide bonds. The van der Waals surface area contributed by atoms with Crippen molar-refractivity contribution in [1.82, 2.24) is 20.3 Å². The summed E-state index contributed by atoms with van der Waals surface area (Å²) in [5.74, 6) is 1.01. The zero-order valence-electron chi connectivity index (χ0n) is 18.8. The first kappa shape index (κ1) is 21.8. The number of nitrogens with one attached hydrogen (secondary N) is 2. The van der Waals surface area contributed by atoms with Gasteiger partial charge >= 0.3 is 0 Å². The molecule has 1 aromatic carbocycles. The number of hydrogen-bond donors (Lipinski definition) is 3. The number of aromatic amines is 1. The van der Waals surface area contributed by atoms with E-state index in [0.29, 0.717) is 0 Å². The van der Waals surface area contributed by atoms with E-state index in [1.165, 1.54) is 51.6 Å². The molecular weight excluding hydrogens is 386 g/mol. The highest BCUT2D eigenvalue weighted by atomic mass is 16.3. The van der Waals surface area contributed by atoms with E-state index in [9.17, 15) is 5.11 Å². The lowest BCUT2D eigenvalue weighted by Crippen LogP contribution is -2.30. The Morgan fingerprint density at radius 2 is 1.71 bits per heavy atom. The first-order valence-electron chi connectivity index (χ1n) is 11.6. The van der Waals surface area contributed by atoms with Crippen molar-refractivity contribution in [1.29, 1.82) is 0 Å². The third kappa shape index (κ3) is 5.25. The number of aliphatic hydroxyl groups is 1. The Labute approximate surface area is 185 Å². The van der Waals surface area contributed by atoms with Gasteiger partial charge in [0.25, 0.3) is 0 Å². The molecule has 166 valence electrons. The third-order valence-electron chi connectivity index (χ3n) is 6.19. The Kier molecular flexibility index (Phi) is 6.88. The maximum atomic E-state index is 10.3. The van der Waals surface area contributed by atoms with Crippen LogP contribution in [-0.2, 0) is 5.60 Å². The zero-order valence-corrected chi connectivity index (χ0v) is 18.8. The Morgan fingerprint density at radius 3 is 2.35 bits per heavy atom. The molecule has 5 rings (SSSR count). The second-order valence-electron chi connectivity index (χ2n) is 9.12. The summed E-state index contributed by atoms with van der Waals surface area (Å²) in [6.45, 7) is 8.20. The predicted octanol–water partition coefficient (Wildman–Crippen LogP) is 4.60. The Bertz CT molecular complexity index is 969. The fourth-order valence-electron chi connectivity index (χ4n) is 4.39. The van der Waals surface area contributed by atoms with Gasteiger partial charge in [0.2, 0.25) is 0 Å². The fraction of sp³-hybridized carbons (Fsp3) is 0.520. The molecule has 2 aromatic heterocycles. The van der Waals surface area contributed by atoms with Crippen LogP contribution in [0.15, 0.2) is 36.8 Å². The summed E-state index contributed by atoms with van der Waals surface area (Å²) in [4.78, 5) is 14.7. The Balaban J connectivity index is 0.000000334. The van der Waals surface area contributed by atoms with Crippen LogP contribution in [0.1, 0.15) is 57.9 Å². The summed E-state index contributed by atoms with van der Waals surface area (Å²) in [6, 6.07) is 8.08. The number of hydrogen-bond acceptors (Lipinski definition) is 5. The monoisotopic (exact) mass is 421 g/mol. The van der Waals surface area contributed by atoms with Gasteiger partial charge in [-0.15, -0.1) is 0 Å². The van der Waals surface area contributed by atoms with Gasteiger partial charge in [0.05, 0.1) is 11.0 Å². The number of nitrogens with zero attached hydrogens (tertiary/aromatic N) is 3. The smallest absolute Gasteiger partial charge is 0.143 e. The molecule has 0 saturated carbocycles. The SMILES string of the molecule is C1CCNCC1.CC(C)(O)c1cccc(-c2c[nH]c3ncnc(N4CCCCC4)c23)c1. The lowest BCUT2D eigenvalue weighted by Gasteiger charge is -2.28. The molecule has 0 unspecified atom stereocenters. The van der Waals surface area contributed by atoms with Crippen LogP contribution >= 0.6 is 0 Å². The van der Waals surface area contributed by atoms with Crippen molar-refractivity contribution in [2.24, 2.45) is 0 Å². The third-order valence-corrected chi connectivity index (χ3v) is 6.19. The van der Waals surface area contributed by atoms with Crippen molar-refractivity contribution in [2.45, 2.75) is 58.0 Å². The van der Waals surface area contributed by atoms with Crippen LogP contribution in [-0.4, -0.2) is 46.2 Å². The van der Waals surface area contributed by atoms with E-state index >= 15 is 0 Å². The maximum Gasteiger partial charge on any atom is 0.143 e. The summed E-state index contributed by atoms with van der Waals surface area (Å²) in [7, 11) is 0. The first-order chi connectivity index (χ1) is 15.0. The quantitative estimate of drug-likeness (QED) is 0.576. The minimum atomic E-state index is -0.867. The lowest BCUT2D eigenvalue weighted by molar-refractivity contribution is 0.0786. The summed E-state index contributed by atoms with van der Waals surface area (Å²) >= 11 is 0. The average molecular weight is 422 g/mol. The summed E-state index contributed by atoms with van der Waals surface area (Å²) in [5.41, 5.74) is 3.05. The normalized spacial score (nSPS) is 17.3. The highest BCUT2D eigenvalue weighted by Crippen LogP contribution is 2.35. The summed E-state index contributed by atoms with van der Waals surface area (Å²) < 4.78 is 0. The number of fused-ring (bicyclic) bond motifs is 1. The van der Waals surface area contributed by atoms with Crippen molar-refractivity contribution in [3.05, 3.63) is 42.4 Å². The van der Waals surface area contributed by atoms with Crippen LogP contribution in [0.4, 0.5) is 5.82 Å². The van der Waals surface area contributed by atoms with Gasteiger partial charge in [-0.25, -0.2) is 9.97 Å². The van der Waals surface area contributed by atoms with E-state index in [-0.39, 0.29) is 0 Å². The molecule has 2 fully saturated rings. The number of piperidine rings is 2. The fourth-order valence-corrected chi connectivity index (χ4v) is 4.39. The highest BCUT2D eigenvalue weighted by molar-refractivity contribution is 6.01. The van der Waals surface area contributed by atoms with Gasteiger partial charge < -0.3 is 20.3 Å². The minimum Gasteiger partial charge on any atom is -0.386 e. The molecule has 6 nitrogen and oxygen atoms in total. The molecule has 2 aliphatic heterocycles. The van der Waals surface area contributed by atoms with Crippen LogP contribution in [0.5, 0.6) is 0 Å². The molecule has 0 radical (unpaired) electrons. The molecule has 2 aliphatic rings. The van der Waals surface area contributed by atoms with Gasteiger partial charge in [0.15, 0.2) is 0 Å². The van der Waals surface area contributed by atoms with Gasteiger partial charge in [-0.3, -0.25) is 0 Å². The van der Waals surface area contributed by atoms with Gasteiger partial charge in [-0.2, -0.15) is 0 Å². The van der Waals surface area contributed by atoms with Crippen LogP contribution in [0.2, 0.25) is 0 Å². The second-order valence-corrected chi connectivity index (χ2v) is 9.12. The molecule has 0 aliphatic carbocycles. The topological polar surface area (TPSA) is 77.1 Å². The van der Waals surface area contributed by atoms with Crippen molar-refractivity contribution in [3.63, 3.8) is 0 Å². The molecule has 4 heterocycles. The molecule has 2 saturated heterocycles. The molecule has 3 aromatic rings. The van der Waals surface area contributed by atoms with Gasteiger partial charge in [0.1, 0.15) is 17.8 Å². The number of anilines is 1. The van der Waals surface area contributed by atoms with Crippen LogP contribution in [0.25, 0.3) is 22.2 Å². The molecular formula is C25H35N5O. The van der Waals surface area contributed by atoms with Crippen molar-refractivity contribution >= 4 is 16.9 Å². The molecule has 6 heteroatoms. The van der Waals surface area contributed by atoms with Gasteiger partial charge in [0, 0.05) is 24.8 Å². The highest BCUT2D eigenvalue weighted by Gasteiger charge is 2.21. The van der Waals surface area contributed by atoms with Gasteiger partial charge in [-0.05, 0) is 76.2 Å². The average Bonchev–Trinajstić information content (AvgIpc) is 3.25. The van der Waals surface area contributed by atoms with Crippen molar-refractivity contribution in [3.8, 4) is 11.1 Å². The van der Waals surface area contributed by atoms with Crippen LogP contribution < -0.4 is 10.2 Å². The molecule has 0 atom stereocenters. The van der Waals surface area contributed by atoms with E-state index in [0.717, 1.165) is 46.6 Å². The lowest BCUT2D eigenvalue weighted by atomic mass is 9.94. The van der Waals surface area contributed by atoms with Crippen LogP contribution in [0, 0.1) is 0 Å². The standard InChI is InChI=1S/C20H24N4O.C5H11N/c1-20(2,25)15-8-6-7-14(11-15)16-12-21-18-17(16)19(23-13-22-18)24-9-4-3-5-10-24;1-2-4-6-5-3-1/h6-8,11-13,25H,3-5,9-10H2,1-2H3,(H,21,22,23);6H,1-5H2. The summed E-state index contributed by atoms with van der Waals surface area (Å²) in [6.07, 6.45) is 11.6. The van der Waals surface area contributed by atoms with Crippen molar-refractivity contribution < 1.29 is 5.11 Å². The maximum absolute atomic E-state index is 10.3. The molecule has 0 spiro atoms.